The molecule has 0 aliphatic carbocycles. The summed E-state index contributed by atoms with van der Waals surface area (Å²) < 4.78 is 30.1. The Kier molecular flexibility index (Phi) is 4.87. The van der Waals surface area contributed by atoms with Gasteiger partial charge >= 0.3 is 6.09 Å². The third-order valence-electron chi connectivity index (χ3n) is 1.29. The molecular weight excluding hydrogens is 196 g/mol. The zero-order valence-electron chi connectivity index (χ0n) is 7.67. The predicted molar refractivity (Wildman–Crippen MR) is 45.3 cm³/mol. The van der Waals surface area contributed by atoms with Gasteiger partial charge in [0.2, 0.25) is 0 Å². The maximum absolute atomic E-state index is 12.9. The van der Waals surface area contributed by atoms with Crippen LogP contribution in [0.3, 0.4) is 0 Å². The fourth-order valence-electron chi connectivity index (χ4n) is 0.720. The Balaban J connectivity index is 3.94. The van der Waals surface area contributed by atoms with Gasteiger partial charge in [-0.1, -0.05) is 5.92 Å². The van der Waals surface area contributed by atoms with E-state index in [0.717, 1.165) is 7.05 Å². The lowest BCUT2D eigenvalue weighted by atomic mass is 10.3. The third-order valence-corrected chi connectivity index (χ3v) is 1.29. The Morgan fingerprint density at radius 1 is 1.71 bits per heavy atom. The topological polar surface area (TPSA) is 49.8 Å². The maximum Gasteiger partial charge on any atom is 0.407 e. The number of halogens is 2. The van der Waals surface area contributed by atoms with Gasteiger partial charge in [0.25, 0.3) is 5.92 Å². The van der Waals surface area contributed by atoms with Crippen LogP contribution in [0.1, 0.15) is 0 Å². The number of alkyl halides is 2. The van der Waals surface area contributed by atoms with Crippen molar-refractivity contribution < 1.29 is 23.4 Å². The second-order valence-corrected chi connectivity index (χ2v) is 2.69. The van der Waals surface area contributed by atoms with Crippen LogP contribution in [0.4, 0.5) is 13.6 Å². The predicted octanol–water partition coefficient (Wildman–Crippen LogP) is 0.881. The summed E-state index contributed by atoms with van der Waals surface area (Å²) in [6, 6.07) is 0. The molecule has 0 atom stereocenters. The van der Waals surface area contributed by atoms with E-state index in [9.17, 15) is 13.6 Å². The number of hydrogen-bond donors (Lipinski definition) is 1. The minimum atomic E-state index is -3.22. The molecule has 0 bridgehead atoms. The lowest BCUT2D eigenvalue weighted by molar-refractivity contribution is -0.0827. The van der Waals surface area contributed by atoms with Crippen LogP contribution in [-0.2, 0) is 4.74 Å². The first-order valence-electron chi connectivity index (χ1n) is 3.72. The molecule has 4 nitrogen and oxygen atoms in total. The molecule has 0 rings (SSSR count). The highest BCUT2D eigenvalue weighted by Gasteiger charge is 2.32. The van der Waals surface area contributed by atoms with Gasteiger partial charge in [0.05, 0.1) is 6.54 Å². The number of carbonyl (C=O) groups is 1. The van der Waals surface area contributed by atoms with Crippen LogP contribution in [-0.4, -0.2) is 48.8 Å². The molecule has 0 aromatic heterocycles. The molecule has 0 radical (unpaired) electrons. The van der Waals surface area contributed by atoms with Gasteiger partial charge in [-0.25, -0.2) is 13.6 Å². The SMILES string of the molecule is C#CCOCC(F)(F)CN(C)C(=O)O. The standard InChI is InChI=1S/C8H11F2NO3/c1-3-4-14-6-8(9,10)5-11(2)7(12)13/h1H,4-6H2,2H3,(H,12,13). The second kappa shape index (κ2) is 5.40. The zero-order valence-corrected chi connectivity index (χ0v) is 7.67. The third kappa shape index (κ3) is 5.32. The van der Waals surface area contributed by atoms with Crippen LogP contribution in [0.25, 0.3) is 0 Å². The van der Waals surface area contributed by atoms with E-state index in [0.29, 0.717) is 4.90 Å². The molecule has 0 fully saturated rings. The Morgan fingerprint density at radius 2 is 2.29 bits per heavy atom. The van der Waals surface area contributed by atoms with Gasteiger partial charge in [-0.15, -0.1) is 6.42 Å². The number of rotatable bonds is 5. The fraction of sp³-hybridized carbons (Fsp3) is 0.625. The average molecular weight is 207 g/mol. The number of carboxylic acid groups (broad SMARTS) is 1. The molecule has 0 spiro atoms. The van der Waals surface area contributed by atoms with Gasteiger partial charge in [0.1, 0.15) is 13.2 Å². The van der Waals surface area contributed by atoms with E-state index in [1.165, 1.54) is 0 Å². The van der Waals surface area contributed by atoms with Crippen molar-refractivity contribution in [3.8, 4) is 12.3 Å². The smallest absolute Gasteiger partial charge is 0.407 e. The van der Waals surface area contributed by atoms with Gasteiger partial charge in [0.15, 0.2) is 0 Å². The molecule has 0 aliphatic heterocycles. The van der Waals surface area contributed by atoms with E-state index in [2.05, 4.69) is 4.74 Å². The number of terminal acetylenes is 1. The Bertz CT molecular complexity index is 237. The summed E-state index contributed by atoms with van der Waals surface area (Å²) in [5.74, 6) is -1.19. The normalized spacial score (nSPS) is 10.7. The van der Waals surface area contributed by atoms with Crippen LogP contribution in [0, 0.1) is 12.3 Å². The van der Waals surface area contributed by atoms with E-state index in [-0.39, 0.29) is 6.61 Å². The minimum absolute atomic E-state index is 0.216. The molecule has 1 amide bonds. The van der Waals surface area contributed by atoms with Crippen LogP contribution < -0.4 is 0 Å². The molecule has 0 saturated heterocycles. The molecule has 0 heterocycles. The maximum atomic E-state index is 12.9. The van der Waals surface area contributed by atoms with Gasteiger partial charge in [-0.2, -0.15) is 0 Å². The first kappa shape index (κ1) is 12.7. The lowest BCUT2D eigenvalue weighted by Gasteiger charge is -2.21. The molecule has 0 aliphatic rings. The van der Waals surface area contributed by atoms with Crippen molar-refractivity contribution in [2.24, 2.45) is 0 Å². The molecule has 0 aromatic rings. The summed E-state index contributed by atoms with van der Waals surface area (Å²) >= 11 is 0. The summed E-state index contributed by atoms with van der Waals surface area (Å²) in [6.45, 7) is -2.01. The van der Waals surface area contributed by atoms with E-state index < -0.39 is 25.2 Å². The van der Waals surface area contributed by atoms with E-state index >= 15 is 0 Å². The number of hydrogen-bond acceptors (Lipinski definition) is 2. The van der Waals surface area contributed by atoms with Crippen LogP contribution in [0.5, 0.6) is 0 Å². The highest BCUT2D eigenvalue weighted by atomic mass is 19.3. The molecule has 0 unspecified atom stereocenters. The van der Waals surface area contributed by atoms with Crippen molar-refractivity contribution in [1.29, 1.82) is 0 Å². The molecule has 0 aromatic carbocycles. The van der Waals surface area contributed by atoms with E-state index in [1.807, 2.05) is 5.92 Å². The Labute approximate surface area is 80.5 Å². The van der Waals surface area contributed by atoms with Gasteiger partial charge in [0, 0.05) is 7.05 Å². The average Bonchev–Trinajstić information content (AvgIpc) is 2.03. The largest absolute Gasteiger partial charge is 0.465 e. The highest BCUT2D eigenvalue weighted by Crippen LogP contribution is 2.14. The van der Waals surface area contributed by atoms with Crippen molar-refractivity contribution >= 4 is 6.09 Å². The van der Waals surface area contributed by atoms with Gasteiger partial charge in [-0.05, 0) is 0 Å². The number of nitrogens with zero attached hydrogens (tertiary/aromatic N) is 1. The summed E-state index contributed by atoms with van der Waals surface area (Å²) in [5.41, 5.74) is 0. The summed E-state index contributed by atoms with van der Waals surface area (Å²) in [5, 5.41) is 8.34. The highest BCUT2D eigenvalue weighted by molar-refractivity contribution is 5.64. The molecule has 14 heavy (non-hydrogen) atoms. The molecule has 6 heteroatoms. The van der Waals surface area contributed by atoms with Crippen molar-refractivity contribution in [2.75, 3.05) is 26.8 Å². The van der Waals surface area contributed by atoms with Crippen LogP contribution >= 0.6 is 0 Å². The monoisotopic (exact) mass is 207 g/mol. The van der Waals surface area contributed by atoms with Gasteiger partial charge in [-0.3, -0.25) is 0 Å². The van der Waals surface area contributed by atoms with E-state index in [4.69, 9.17) is 11.5 Å². The Morgan fingerprint density at radius 3 is 2.71 bits per heavy atom. The van der Waals surface area contributed by atoms with Crippen molar-refractivity contribution in [1.82, 2.24) is 4.90 Å². The van der Waals surface area contributed by atoms with Gasteiger partial charge < -0.3 is 14.7 Å². The van der Waals surface area contributed by atoms with Crippen molar-refractivity contribution in [2.45, 2.75) is 5.92 Å². The first-order chi connectivity index (χ1) is 6.39. The fourth-order valence-corrected chi connectivity index (χ4v) is 0.720. The molecule has 80 valence electrons. The second-order valence-electron chi connectivity index (χ2n) is 2.69. The molecule has 0 saturated carbocycles. The summed E-state index contributed by atoms with van der Waals surface area (Å²) in [7, 11) is 1.05. The summed E-state index contributed by atoms with van der Waals surface area (Å²) in [6.07, 6.45) is 3.37. The van der Waals surface area contributed by atoms with Crippen LogP contribution in [0.15, 0.2) is 0 Å². The number of amides is 1. The molecular formula is C8H11F2NO3. The van der Waals surface area contributed by atoms with Crippen LogP contribution in [0.2, 0.25) is 0 Å². The Hall–Kier alpha value is -1.35. The lowest BCUT2D eigenvalue weighted by Crippen LogP contribution is -2.40. The van der Waals surface area contributed by atoms with Crippen molar-refractivity contribution in [3.05, 3.63) is 0 Å². The summed E-state index contributed by atoms with van der Waals surface area (Å²) in [4.78, 5) is 10.7. The minimum Gasteiger partial charge on any atom is -0.465 e. The first-order valence-corrected chi connectivity index (χ1v) is 3.72. The quantitative estimate of drug-likeness (QED) is 0.537. The zero-order chi connectivity index (χ0) is 11.2. The van der Waals surface area contributed by atoms with Crippen molar-refractivity contribution in [3.63, 3.8) is 0 Å². The molecule has 1 N–H and O–H groups in total. The number of ether oxygens (including phenoxy) is 1. The van der Waals surface area contributed by atoms with E-state index in [1.54, 1.807) is 0 Å².